The number of benzene rings is 3. The lowest BCUT2D eigenvalue weighted by molar-refractivity contribution is -0.110. The zero-order valence-corrected chi connectivity index (χ0v) is 16.4. The summed E-state index contributed by atoms with van der Waals surface area (Å²) in [5, 5.41) is 3.30. The molecule has 0 spiro atoms. The molecule has 0 aliphatic carbocycles. The predicted molar refractivity (Wildman–Crippen MR) is 112 cm³/mol. The summed E-state index contributed by atoms with van der Waals surface area (Å²) in [5.74, 6) is -0.789. The molecule has 2 N–H and O–H groups in total. The van der Waals surface area contributed by atoms with Gasteiger partial charge in [-0.25, -0.2) is 12.8 Å². The van der Waals surface area contributed by atoms with Gasteiger partial charge in [0.05, 0.1) is 4.90 Å². The summed E-state index contributed by atoms with van der Waals surface area (Å²) in [6.07, 6.45) is 1.67. The Bertz CT molecular complexity index is 1240. The van der Waals surface area contributed by atoms with Crippen LogP contribution >= 0.6 is 11.6 Å². The summed E-state index contributed by atoms with van der Waals surface area (Å²) in [6.45, 7) is 0. The van der Waals surface area contributed by atoms with Crippen molar-refractivity contribution < 1.29 is 17.6 Å². The Hall–Kier alpha value is -3.16. The highest BCUT2D eigenvalue weighted by atomic mass is 35.5. The summed E-state index contributed by atoms with van der Waals surface area (Å²) < 4.78 is 40.9. The average molecular weight is 429 g/mol. The van der Waals surface area contributed by atoms with Crippen molar-refractivity contribution >= 4 is 50.6 Å². The quantitative estimate of drug-likeness (QED) is 0.587. The molecule has 146 valence electrons. The van der Waals surface area contributed by atoms with Gasteiger partial charge in [-0.15, -0.1) is 0 Å². The molecular formula is C21H14ClFN2O3S. The number of carbonyl (C=O) groups is 1. The number of anilines is 2. The standard InChI is InChI=1S/C21H14ClFN2O3S/c22-14-3-1-13(2-4-14)11-19-18-12-17(9-10-20(18)24-21(19)26)29(27,28)25-16-7-5-15(23)6-8-16/h1-12,25H,(H,24,26)/b19-11+. The molecule has 5 nitrogen and oxygen atoms in total. The van der Waals surface area contributed by atoms with E-state index in [1.165, 1.54) is 30.3 Å². The summed E-state index contributed by atoms with van der Waals surface area (Å²) in [6, 6.07) is 16.3. The first-order chi connectivity index (χ1) is 13.8. The molecular weight excluding hydrogens is 415 g/mol. The minimum Gasteiger partial charge on any atom is -0.321 e. The molecule has 4 rings (SSSR count). The lowest BCUT2D eigenvalue weighted by atomic mass is 10.0. The van der Waals surface area contributed by atoms with Crippen molar-refractivity contribution in [1.82, 2.24) is 0 Å². The highest BCUT2D eigenvalue weighted by molar-refractivity contribution is 7.92. The Morgan fingerprint density at radius 2 is 1.66 bits per heavy atom. The fourth-order valence-electron chi connectivity index (χ4n) is 2.94. The number of sulfonamides is 1. The number of halogens is 2. The molecule has 0 radical (unpaired) electrons. The first-order valence-corrected chi connectivity index (χ1v) is 10.4. The van der Waals surface area contributed by atoms with Gasteiger partial charge < -0.3 is 5.32 Å². The maximum Gasteiger partial charge on any atom is 0.261 e. The summed E-state index contributed by atoms with van der Waals surface area (Å²) in [4.78, 5) is 12.4. The number of hydrogen-bond donors (Lipinski definition) is 2. The summed E-state index contributed by atoms with van der Waals surface area (Å²) >= 11 is 5.89. The van der Waals surface area contributed by atoms with Gasteiger partial charge in [0.25, 0.3) is 15.9 Å². The van der Waals surface area contributed by atoms with Crippen LogP contribution in [0.4, 0.5) is 15.8 Å². The Morgan fingerprint density at radius 1 is 0.966 bits per heavy atom. The number of nitrogens with one attached hydrogen (secondary N) is 2. The highest BCUT2D eigenvalue weighted by Gasteiger charge is 2.26. The summed E-state index contributed by atoms with van der Waals surface area (Å²) in [5.41, 5.74) is 2.34. The van der Waals surface area contributed by atoms with Crippen molar-refractivity contribution in [3.63, 3.8) is 0 Å². The second-order valence-corrected chi connectivity index (χ2v) is 8.50. The van der Waals surface area contributed by atoms with Crippen LogP contribution < -0.4 is 10.0 Å². The number of fused-ring (bicyclic) bond motifs is 1. The molecule has 3 aromatic carbocycles. The lowest BCUT2D eigenvalue weighted by Crippen LogP contribution is -2.13. The molecule has 0 saturated carbocycles. The maximum atomic E-state index is 13.0. The topological polar surface area (TPSA) is 75.3 Å². The van der Waals surface area contributed by atoms with Crippen LogP contribution in [0.15, 0.2) is 71.6 Å². The van der Waals surface area contributed by atoms with Crippen molar-refractivity contribution in [2.75, 3.05) is 10.0 Å². The van der Waals surface area contributed by atoms with Crippen molar-refractivity contribution in [1.29, 1.82) is 0 Å². The van der Waals surface area contributed by atoms with E-state index in [1.807, 2.05) is 0 Å². The molecule has 0 aromatic heterocycles. The Morgan fingerprint density at radius 3 is 2.34 bits per heavy atom. The van der Waals surface area contributed by atoms with Gasteiger partial charge in [-0.2, -0.15) is 0 Å². The maximum absolute atomic E-state index is 13.0. The van der Waals surface area contributed by atoms with E-state index in [0.717, 1.165) is 17.7 Å². The summed E-state index contributed by atoms with van der Waals surface area (Å²) in [7, 11) is -3.92. The second-order valence-electron chi connectivity index (χ2n) is 6.38. The van der Waals surface area contributed by atoms with Gasteiger partial charge in [0.1, 0.15) is 5.82 Å². The van der Waals surface area contributed by atoms with Gasteiger partial charge in [-0.1, -0.05) is 23.7 Å². The second kappa shape index (κ2) is 7.35. The van der Waals surface area contributed by atoms with E-state index >= 15 is 0 Å². The molecule has 1 aliphatic heterocycles. The minimum atomic E-state index is -3.92. The van der Waals surface area contributed by atoms with E-state index in [2.05, 4.69) is 10.0 Å². The van der Waals surface area contributed by atoms with Gasteiger partial charge >= 0.3 is 0 Å². The third-order valence-corrected chi connectivity index (χ3v) is 5.99. The molecule has 0 bridgehead atoms. The minimum absolute atomic E-state index is 0.0147. The predicted octanol–water partition coefficient (Wildman–Crippen LogP) is 4.77. The Kier molecular flexibility index (Phi) is 4.86. The third-order valence-electron chi connectivity index (χ3n) is 4.36. The van der Waals surface area contributed by atoms with E-state index in [9.17, 15) is 17.6 Å². The molecule has 0 fully saturated rings. The van der Waals surface area contributed by atoms with Crippen LogP contribution in [-0.2, 0) is 14.8 Å². The molecule has 1 aliphatic rings. The number of hydrogen-bond acceptors (Lipinski definition) is 3. The average Bonchev–Trinajstić information content (AvgIpc) is 3.00. The highest BCUT2D eigenvalue weighted by Crippen LogP contribution is 2.35. The Labute approximate surface area is 171 Å². The van der Waals surface area contributed by atoms with Crippen LogP contribution in [0.1, 0.15) is 11.1 Å². The molecule has 0 saturated heterocycles. The van der Waals surface area contributed by atoms with Crippen LogP contribution in [-0.4, -0.2) is 14.3 Å². The third kappa shape index (κ3) is 4.01. The van der Waals surface area contributed by atoms with Gasteiger partial charge in [-0.05, 0) is 66.2 Å². The van der Waals surface area contributed by atoms with Gasteiger partial charge in [0.2, 0.25) is 0 Å². The van der Waals surface area contributed by atoms with Crippen molar-refractivity contribution in [2.45, 2.75) is 4.90 Å². The molecule has 29 heavy (non-hydrogen) atoms. The van der Waals surface area contributed by atoms with Crippen molar-refractivity contribution in [3.8, 4) is 0 Å². The number of amides is 1. The van der Waals surface area contributed by atoms with E-state index in [0.29, 0.717) is 21.8 Å². The first kappa shape index (κ1) is 19.2. The zero-order valence-electron chi connectivity index (χ0n) is 14.8. The van der Waals surface area contributed by atoms with E-state index < -0.39 is 15.8 Å². The van der Waals surface area contributed by atoms with Gasteiger partial charge in [0, 0.05) is 27.5 Å². The van der Waals surface area contributed by atoms with Gasteiger partial charge in [0.15, 0.2) is 0 Å². The fraction of sp³-hybridized carbons (Fsp3) is 0. The zero-order chi connectivity index (χ0) is 20.6. The SMILES string of the molecule is O=C1Nc2ccc(S(=O)(=O)Nc3ccc(F)cc3)cc2/C1=C\c1ccc(Cl)cc1. The molecule has 1 heterocycles. The largest absolute Gasteiger partial charge is 0.321 e. The first-order valence-electron chi connectivity index (χ1n) is 8.53. The van der Waals surface area contributed by atoms with Crippen LogP contribution in [0.5, 0.6) is 0 Å². The van der Waals surface area contributed by atoms with Crippen LogP contribution in [0.2, 0.25) is 5.02 Å². The Balaban J connectivity index is 1.70. The molecule has 0 atom stereocenters. The smallest absolute Gasteiger partial charge is 0.261 e. The molecule has 3 aromatic rings. The molecule has 1 amide bonds. The normalized spacial score (nSPS) is 14.6. The fourth-order valence-corrected chi connectivity index (χ4v) is 4.15. The number of carbonyl (C=O) groups excluding carboxylic acids is 1. The van der Waals surface area contributed by atoms with E-state index in [4.69, 9.17) is 11.6 Å². The van der Waals surface area contributed by atoms with Crippen LogP contribution in [0.3, 0.4) is 0 Å². The van der Waals surface area contributed by atoms with Gasteiger partial charge in [-0.3, -0.25) is 9.52 Å². The van der Waals surface area contributed by atoms with Crippen molar-refractivity contribution in [2.24, 2.45) is 0 Å². The van der Waals surface area contributed by atoms with Crippen molar-refractivity contribution in [3.05, 3.63) is 88.7 Å². The van der Waals surface area contributed by atoms with Crippen LogP contribution in [0, 0.1) is 5.82 Å². The molecule has 8 heteroatoms. The van der Waals surface area contributed by atoms with E-state index in [-0.39, 0.29) is 16.5 Å². The number of rotatable bonds is 4. The molecule has 0 unspecified atom stereocenters. The van der Waals surface area contributed by atoms with Crippen LogP contribution in [0.25, 0.3) is 11.6 Å². The monoisotopic (exact) mass is 428 g/mol. The lowest BCUT2D eigenvalue weighted by Gasteiger charge is -2.09. The van der Waals surface area contributed by atoms with E-state index in [1.54, 1.807) is 30.3 Å².